The molecule has 0 N–H and O–H groups in total. The van der Waals surface area contributed by atoms with Crippen molar-refractivity contribution in [1.82, 2.24) is 10.0 Å². The van der Waals surface area contributed by atoms with Crippen molar-refractivity contribution >= 4 is 15.9 Å². The molecule has 0 unspecified atom stereocenters. The first-order valence-corrected chi connectivity index (χ1v) is 4.45. The van der Waals surface area contributed by atoms with Gasteiger partial charge in [0.25, 0.3) is 0 Å². The third kappa shape index (κ3) is 3.32. The van der Waals surface area contributed by atoms with Crippen molar-refractivity contribution in [2.75, 3.05) is 14.1 Å². The van der Waals surface area contributed by atoms with Crippen LogP contribution in [0.1, 0.15) is 6.92 Å². The summed E-state index contributed by atoms with van der Waals surface area (Å²) < 4.78 is 1.01. The number of halogens is 1. The molecule has 2 nitrogen and oxygen atoms in total. The molecule has 0 aromatic carbocycles. The molecule has 0 aliphatic carbocycles. The minimum atomic E-state index is 0. The van der Waals surface area contributed by atoms with Gasteiger partial charge in [0.2, 0.25) is 0 Å². The van der Waals surface area contributed by atoms with Crippen LogP contribution >= 0.6 is 15.9 Å². The van der Waals surface area contributed by atoms with E-state index in [2.05, 4.69) is 28.7 Å². The number of allylic oxidation sites excluding steroid dienone is 3. The van der Waals surface area contributed by atoms with Gasteiger partial charge in [-0.05, 0) is 5.70 Å². The van der Waals surface area contributed by atoms with E-state index in [1.54, 1.807) is 0 Å². The van der Waals surface area contributed by atoms with Crippen LogP contribution in [-0.4, -0.2) is 24.1 Å². The van der Waals surface area contributed by atoms with Crippen LogP contribution in [0.5, 0.6) is 0 Å². The molecule has 0 bridgehead atoms. The molecule has 4 heteroatoms. The summed E-state index contributed by atoms with van der Waals surface area (Å²) in [7, 11) is 3.91. The van der Waals surface area contributed by atoms with E-state index < -0.39 is 0 Å². The Morgan fingerprint density at radius 2 is 2.08 bits per heavy atom. The fourth-order valence-corrected chi connectivity index (χ4v) is 1.49. The van der Waals surface area contributed by atoms with Gasteiger partial charge in [-0.25, -0.2) is 5.01 Å². The van der Waals surface area contributed by atoms with Crippen LogP contribution in [-0.2, 0) is 32.7 Å². The summed E-state index contributed by atoms with van der Waals surface area (Å²) in [6.07, 6.45) is 5.17. The van der Waals surface area contributed by atoms with Crippen LogP contribution in [0.15, 0.2) is 28.4 Å². The topological polar surface area (TPSA) is 6.48 Å². The zero-order valence-corrected chi connectivity index (χ0v) is 12.6. The molecule has 0 atom stereocenters. The normalized spacial score (nSPS) is 16.7. The van der Waals surface area contributed by atoms with Crippen molar-refractivity contribution in [1.29, 1.82) is 0 Å². The summed E-state index contributed by atoms with van der Waals surface area (Å²) in [6, 6.07) is 0. The third-order valence-corrected chi connectivity index (χ3v) is 2.24. The van der Waals surface area contributed by atoms with E-state index in [9.17, 15) is 0 Å². The van der Waals surface area contributed by atoms with Gasteiger partial charge in [0.15, 0.2) is 0 Å². The molecule has 0 saturated carbocycles. The maximum absolute atomic E-state index is 3.93. The summed E-state index contributed by atoms with van der Waals surface area (Å²) in [5.41, 5.74) is 1.99. The zero-order chi connectivity index (χ0) is 9.30. The molecule has 1 heterocycles. The molecule has 1 aliphatic rings. The maximum atomic E-state index is 3.93. The van der Waals surface area contributed by atoms with Crippen molar-refractivity contribution in [3.8, 4) is 0 Å². The average Bonchev–Trinajstić information content (AvgIpc) is 1.96. The van der Waals surface area contributed by atoms with Gasteiger partial charge in [-0.15, -0.1) is 12.2 Å². The molecule has 0 aromatic heterocycles. The fourth-order valence-electron chi connectivity index (χ4n) is 0.983. The molecule has 1 rings (SSSR count). The Hall–Kier alpha value is 0.564. The molecule has 0 amide bonds. The minimum absolute atomic E-state index is 0. The van der Waals surface area contributed by atoms with Crippen LogP contribution < -0.4 is 0 Å². The van der Waals surface area contributed by atoms with Crippen LogP contribution in [0.2, 0.25) is 0 Å². The van der Waals surface area contributed by atoms with Crippen LogP contribution in [0.4, 0.5) is 0 Å². The second-order valence-corrected chi connectivity index (χ2v) is 3.75. The second-order valence-electron chi connectivity index (χ2n) is 2.89. The molecule has 0 spiro atoms. The predicted molar refractivity (Wildman–Crippen MR) is 54.1 cm³/mol. The molecular weight excluding hydrogens is 305 g/mol. The van der Waals surface area contributed by atoms with Gasteiger partial charge in [0.05, 0.1) is 0 Å². The number of hydrogen-bond acceptors (Lipinski definition) is 2. The molecule has 69 valence electrons. The van der Waals surface area contributed by atoms with Crippen molar-refractivity contribution in [2.24, 2.45) is 0 Å². The molecule has 0 fully saturated rings. The van der Waals surface area contributed by atoms with Crippen LogP contribution in [0.3, 0.4) is 0 Å². The van der Waals surface area contributed by atoms with E-state index in [4.69, 9.17) is 0 Å². The number of hydrazine groups is 1. The van der Waals surface area contributed by atoms with Crippen LogP contribution in [0, 0.1) is 6.20 Å². The molecule has 0 aromatic rings. The van der Waals surface area contributed by atoms with Crippen molar-refractivity contribution < 1.29 is 32.7 Å². The van der Waals surface area contributed by atoms with Gasteiger partial charge in [0, 0.05) is 46.8 Å². The van der Waals surface area contributed by atoms with Crippen molar-refractivity contribution in [3.63, 3.8) is 0 Å². The van der Waals surface area contributed by atoms with Gasteiger partial charge < -0.3 is 5.01 Å². The maximum Gasteiger partial charge on any atom is 0.00456 e. The van der Waals surface area contributed by atoms with E-state index in [1.807, 2.05) is 37.1 Å². The fraction of sp³-hybridized carbons (Fsp3) is 0.333. The van der Waals surface area contributed by atoms with E-state index in [1.165, 1.54) is 0 Å². The van der Waals surface area contributed by atoms with Gasteiger partial charge in [-0.2, -0.15) is 6.08 Å². The molecule has 0 saturated heterocycles. The monoisotopic (exact) mass is 316 g/mol. The molecular formula is C9H12BrN2Y-. The Bertz CT molecular complexity index is 269. The zero-order valence-electron chi connectivity index (χ0n) is 8.13. The Labute approximate surface area is 113 Å². The summed E-state index contributed by atoms with van der Waals surface area (Å²) >= 11 is 3.44. The number of hydrogen-bond donors (Lipinski definition) is 0. The summed E-state index contributed by atoms with van der Waals surface area (Å²) in [5, 5.41) is 3.81. The van der Waals surface area contributed by atoms with Crippen LogP contribution in [0.25, 0.3) is 0 Å². The third-order valence-electron chi connectivity index (χ3n) is 1.56. The Balaban J connectivity index is 0.00000144. The minimum Gasteiger partial charge on any atom is -0.389 e. The van der Waals surface area contributed by atoms with Crippen molar-refractivity contribution in [3.05, 3.63) is 34.6 Å². The quantitative estimate of drug-likeness (QED) is 0.685. The Morgan fingerprint density at radius 1 is 1.54 bits per heavy atom. The standard InChI is InChI=1S/C9H12BrN2.Y/c1-7-5-9(10)8(2)12(6-7)11(3)4;/h5H,2H2,1,3-4H3;/q-1;. The SMILES string of the molecule is C=C1C(Br)=CC(C)=[C-]N1N(C)C.[Y]. The first-order chi connectivity index (χ1) is 5.52. The number of rotatable bonds is 1. The van der Waals surface area contributed by atoms with Gasteiger partial charge in [-0.1, -0.05) is 33.5 Å². The smallest absolute Gasteiger partial charge is 0.00456 e. The van der Waals surface area contributed by atoms with Crippen molar-refractivity contribution in [2.45, 2.75) is 6.92 Å². The summed E-state index contributed by atoms with van der Waals surface area (Å²) in [5.74, 6) is 0. The summed E-state index contributed by atoms with van der Waals surface area (Å²) in [4.78, 5) is 0. The van der Waals surface area contributed by atoms with E-state index in [0.717, 1.165) is 15.8 Å². The summed E-state index contributed by atoms with van der Waals surface area (Å²) in [6.45, 7) is 5.93. The van der Waals surface area contributed by atoms with Gasteiger partial charge >= 0.3 is 0 Å². The Morgan fingerprint density at radius 3 is 2.54 bits per heavy atom. The number of nitrogens with zero attached hydrogens (tertiary/aromatic N) is 2. The van der Waals surface area contributed by atoms with E-state index in [-0.39, 0.29) is 32.7 Å². The average molecular weight is 317 g/mol. The first kappa shape index (κ1) is 13.6. The molecule has 13 heavy (non-hydrogen) atoms. The molecule has 1 aliphatic heterocycles. The van der Waals surface area contributed by atoms with E-state index in [0.29, 0.717) is 0 Å². The Kier molecular flexibility index (Phi) is 5.68. The predicted octanol–water partition coefficient (Wildman–Crippen LogP) is 2.28. The van der Waals surface area contributed by atoms with Gasteiger partial charge in [-0.3, -0.25) is 0 Å². The largest absolute Gasteiger partial charge is 0.389 e. The second kappa shape index (κ2) is 5.45. The molecule has 1 radical (unpaired) electrons. The first-order valence-electron chi connectivity index (χ1n) is 3.66. The van der Waals surface area contributed by atoms with E-state index >= 15 is 0 Å². The van der Waals surface area contributed by atoms with Gasteiger partial charge in [0.1, 0.15) is 0 Å².